The van der Waals surface area contributed by atoms with Gasteiger partial charge in [0.05, 0.1) is 13.2 Å². The molecule has 0 bridgehead atoms. The van der Waals surface area contributed by atoms with E-state index in [1.54, 1.807) is 0 Å². The summed E-state index contributed by atoms with van der Waals surface area (Å²) >= 11 is 0. The van der Waals surface area contributed by atoms with Crippen LogP contribution in [-0.4, -0.2) is 26.4 Å². The summed E-state index contributed by atoms with van der Waals surface area (Å²) in [6.45, 7) is 16.8. The maximum Gasteiger partial charge on any atom is 0.0549 e. The third-order valence-corrected chi connectivity index (χ3v) is 3.74. The Morgan fingerprint density at radius 3 is 1.35 bits per heavy atom. The molecule has 0 aromatic rings. The SMILES string of the molecule is CCCOCC(COCCC)(C(C)C)C(C)C. The van der Waals surface area contributed by atoms with Crippen molar-refractivity contribution in [2.45, 2.75) is 54.4 Å². The van der Waals surface area contributed by atoms with Crippen molar-refractivity contribution in [3.8, 4) is 0 Å². The molecule has 0 aliphatic rings. The Labute approximate surface area is 108 Å². The van der Waals surface area contributed by atoms with Crippen molar-refractivity contribution in [2.24, 2.45) is 17.3 Å². The maximum atomic E-state index is 5.82. The molecule has 0 atom stereocenters. The van der Waals surface area contributed by atoms with Crippen molar-refractivity contribution in [1.29, 1.82) is 0 Å². The summed E-state index contributed by atoms with van der Waals surface area (Å²) < 4.78 is 11.6. The van der Waals surface area contributed by atoms with E-state index < -0.39 is 0 Å². The van der Waals surface area contributed by atoms with Crippen LogP contribution in [0.2, 0.25) is 0 Å². The van der Waals surface area contributed by atoms with Crippen molar-refractivity contribution < 1.29 is 9.47 Å². The average Bonchev–Trinajstić information content (AvgIpc) is 2.26. The number of rotatable bonds is 10. The van der Waals surface area contributed by atoms with Gasteiger partial charge in [0.1, 0.15) is 0 Å². The molecule has 0 aliphatic heterocycles. The Bertz CT molecular complexity index is 156. The lowest BCUT2D eigenvalue weighted by molar-refractivity contribution is -0.0746. The molecular formula is C15H32O2. The lowest BCUT2D eigenvalue weighted by atomic mass is 9.70. The molecule has 17 heavy (non-hydrogen) atoms. The zero-order valence-corrected chi connectivity index (χ0v) is 12.7. The minimum Gasteiger partial charge on any atom is -0.381 e. The molecule has 0 fully saturated rings. The largest absolute Gasteiger partial charge is 0.381 e. The fourth-order valence-corrected chi connectivity index (χ4v) is 2.19. The van der Waals surface area contributed by atoms with Crippen LogP contribution in [0.5, 0.6) is 0 Å². The van der Waals surface area contributed by atoms with Crippen LogP contribution in [0.25, 0.3) is 0 Å². The van der Waals surface area contributed by atoms with E-state index in [0.29, 0.717) is 11.8 Å². The van der Waals surface area contributed by atoms with Crippen molar-refractivity contribution in [3.63, 3.8) is 0 Å². The Morgan fingerprint density at radius 1 is 0.765 bits per heavy atom. The van der Waals surface area contributed by atoms with Crippen LogP contribution in [-0.2, 0) is 9.47 Å². The lowest BCUT2D eigenvalue weighted by Gasteiger charge is -2.41. The molecule has 0 aromatic heterocycles. The Balaban J connectivity index is 4.50. The van der Waals surface area contributed by atoms with E-state index in [1.165, 1.54) is 0 Å². The molecule has 0 rings (SSSR count). The van der Waals surface area contributed by atoms with Crippen molar-refractivity contribution in [2.75, 3.05) is 26.4 Å². The summed E-state index contributed by atoms with van der Waals surface area (Å²) in [6, 6.07) is 0. The van der Waals surface area contributed by atoms with Gasteiger partial charge in [0.15, 0.2) is 0 Å². The van der Waals surface area contributed by atoms with E-state index in [4.69, 9.17) is 9.47 Å². The first-order valence-electron chi connectivity index (χ1n) is 7.16. The third-order valence-electron chi connectivity index (χ3n) is 3.74. The highest BCUT2D eigenvalue weighted by atomic mass is 16.5. The zero-order chi connectivity index (χ0) is 13.3. The topological polar surface area (TPSA) is 18.5 Å². The molecular weight excluding hydrogens is 212 g/mol. The fourth-order valence-electron chi connectivity index (χ4n) is 2.19. The summed E-state index contributed by atoms with van der Waals surface area (Å²) in [5, 5.41) is 0. The molecule has 0 aromatic carbocycles. The standard InChI is InChI=1S/C15H32O2/c1-7-9-16-11-15(13(3)4,14(5)6)12-17-10-8-2/h13-14H,7-12H2,1-6H3. The van der Waals surface area contributed by atoms with Crippen LogP contribution in [0.3, 0.4) is 0 Å². The van der Waals surface area contributed by atoms with Gasteiger partial charge >= 0.3 is 0 Å². The van der Waals surface area contributed by atoms with Crippen molar-refractivity contribution >= 4 is 0 Å². The molecule has 0 amide bonds. The first-order valence-corrected chi connectivity index (χ1v) is 7.16. The predicted molar refractivity (Wildman–Crippen MR) is 74.3 cm³/mol. The molecule has 2 heteroatoms. The summed E-state index contributed by atoms with van der Waals surface area (Å²) in [7, 11) is 0. The van der Waals surface area contributed by atoms with Gasteiger partial charge in [-0.15, -0.1) is 0 Å². The molecule has 0 radical (unpaired) electrons. The highest BCUT2D eigenvalue weighted by Crippen LogP contribution is 2.36. The molecule has 0 unspecified atom stereocenters. The quantitative estimate of drug-likeness (QED) is 0.538. The van der Waals surface area contributed by atoms with Gasteiger partial charge in [-0.3, -0.25) is 0 Å². The predicted octanol–water partition coefficient (Wildman–Crippen LogP) is 4.14. The Hall–Kier alpha value is -0.0800. The first kappa shape index (κ1) is 16.9. The summed E-state index contributed by atoms with van der Waals surface area (Å²) in [4.78, 5) is 0. The van der Waals surface area contributed by atoms with Gasteiger partial charge in [-0.1, -0.05) is 41.5 Å². The summed E-state index contributed by atoms with van der Waals surface area (Å²) in [6.07, 6.45) is 2.17. The number of hydrogen-bond acceptors (Lipinski definition) is 2. The molecule has 104 valence electrons. The number of hydrogen-bond donors (Lipinski definition) is 0. The van der Waals surface area contributed by atoms with E-state index in [0.717, 1.165) is 39.3 Å². The molecule has 0 saturated heterocycles. The van der Waals surface area contributed by atoms with Gasteiger partial charge in [0.25, 0.3) is 0 Å². The zero-order valence-electron chi connectivity index (χ0n) is 12.7. The van der Waals surface area contributed by atoms with Gasteiger partial charge < -0.3 is 9.47 Å². The van der Waals surface area contributed by atoms with E-state index >= 15 is 0 Å². The van der Waals surface area contributed by atoms with Gasteiger partial charge in [-0.25, -0.2) is 0 Å². The molecule has 0 N–H and O–H groups in total. The van der Waals surface area contributed by atoms with Crippen molar-refractivity contribution in [1.82, 2.24) is 0 Å². The molecule has 0 aliphatic carbocycles. The van der Waals surface area contributed by atoms with E-state index in [-0.39, 0.29) is 5.41 Å². The lowest BCUT2D eigenvalue weighted by Crippen LogP contribution is -2.42. The van der Waals surface area contributed by atoms with E-state index in [9.17, 15) is 0 Å². The van der Waals surface area contributed by atoms with Gasteiger partial charge in [-0.2, -0.15) is 0 Å². The summed E-state index contributed by atoms with van der Waals surface area (Å²) in [5.74, 6) is 1.16. The van der Waals surface area contributed by atoms with Crippen LogP contribution in [0.15, 0.2) is 0 Å². The normalized spacial score (nSPS) is 12.7. The van der Waals surface area contributed by atoms with Gasteiger partial charge in [-0.05, 0) is 24.7 Å². The van der Waals surface area contributed by atoms with Crippen LogP contribution in [0.1, 0.15) is 54.4 Å². The highest BCUT2D eigenvalue weighted by Gasteiger charge is 2.37. The third kappa shape index (κ3) is 5.39. The van der Waals surface area contributed by atoms with Crippen molar-refractivity contribution in [3.05, 3.63) is 0 Å². The second kappa shape index (κ2) is 8.93. The minimum absolute atomic E-state index is 0.157. The average molecular weight is 244 g/mol. The second-order valence-corrected chi connectivity index (χ2v) is 5.65. The fraction of sp³-hybridized carbons (Fsp3) is 1.00. The summed E-state index contributed by atoms with van der Waals surface area (Å²) in [5.41, 5.74) is 0.157. The second-order valence-electron chi connectivity index (χ2n) is 5.65. The number of ether oxygens (including phenoxy) is 2. The smallest absolute Gasteiger partial charge is 0.0549 e. The van der Waals surface area contributed by atoms with Crippen LogP contribution >= 0.6 is 0 Å². The maximum absolute atomic E-state index is 5.82. The van der Waals surface area contributed by atoms with Crippen LogP contribution in [0.4, 0.5) is 0 Å². The van der Waals surface area contributed by atoms with E-state index in [1.807, 2.05) is 0 Å². The highest BCUT2D eigenvalue weighted by molar-refractivity contribution is 4.85. The van der Waals surface area contributed by atoms with Crippen LogP contribution in [0, 0.1) is 17.3 Å². The van der Waals surface area contributed by atoms with Gasteiger partial charge in [0.2, 0.25) is 0 Å². The molecule has 2 nitrogen and oxygen atoms in total. The van der Waals surface area contributed by atoms with Crippen LogP contribution < -0.4 is 0 Å². The monoisotopic (exact) mass is 244 g/mol. The minimum atomic E-state index is 0.157. The van der Waals surface area contributed by atoms with Gasteiger partial charge in [0, 0.05) is 18.6 Å². The Kier molecular flexibility index (Phi) is 8.89. The Morgan fingerprint density at radius 2 is 1.12 bits per heavy atom. The molecule has 0 saturated carbocycles. The van der Waals surface area contributed by atoms with E-state index in [2.05, 4.69) is 41.5 Å². The first-order chi connectivity index (χ1) is 8.01. The molecule has 0 heterocycles. The molecule has 0 spiro atoms.